The van der Waals surface area contributed by atoms with Crippen LogP contribution in [0, 0.1) is 5.92 Å². The summed E-state index contributed by atoms with van der Waals surface area (Å²) in [6.45, 7) is 4.28. The van der Waals surface area contributed by atoms with Gasteiger partial charge in [0.2, 0.25) is 0 Å². The summed E-state index contributed by atoms with van der Waals surface area (Å²) in [4.78, 5) is 0. The normalized spacial score (nSPS) is 29.0. The van der Waals surface area contributed by atoms with Gasteiger partial charge < -0.3 is 10.4 Å². The lowest BCUT2D eigenvalue weighted by Gasteiger charge is -2.27. The first-order chi connectivity index (χ1) is 5.76. The summed E-state index contributed by atoms with van der Waals surface area (Å²) in [6, 6.07) is 0.804. The van der Waals surface area contributed by atoms with Crippen LogP contribution in [-0.4, -0.2) is 24.8 Å². The highest BCUT2D eigenvalue weighted by Gasteiger charge is 2.18. The van der Waals surface area contributed by atoms with Gasteiger partial charge in [0.1, 0.15) is 0 Å². The van der Waals surface area contributed by atoms with Crippen molar-refractivity contribution >= 4 is 0 Å². The van der Waals surface area contributed by atoms with E-state index in [9.17, 15) is 0 Å². The average molecular weight is 173 g/mol. The van der Waals surface area contributed by atoms with Crippen molar-refractivity contribution in [3.8, 4) is 0 Å². The Hall–Kier alpha value is -0.0800. The van der Waals surface area contributed by atoms with Crippen molar-refractivity contribution in [2.75, 3.05) is 13.7 Å². The summed E-state index contributed by atoms with van der Waals surface area (Å²) in [5.74, 6) is 0.906. The van der Waals surface area contributed by atoms with Crippen molar-refractivity contribution in [2.24, 2.45) is 5.92 Å². The fourth-order valence-electron chi connectivity index (χ4n) is 1.75. The molecule has 0 spiro atoms. The molecule has 74 valence electrons. The second-order valence-electron chi connectivity index (χ2n) is 3.47. The molecule has 0 aromatic carbocycles. The Bertz CT molecular complexity index is 95.8. The highest BCUT2D eigenvalue weighted by molar-refractivity contribution is 4.75. The van der Waals surface area contributed by atoms with Crippen LogP contribution in [0.4, 0.5) is 0 Å². The van der Waals surface area contributed by atoms with E-state index in [0.717, 1.165) is 12.0 Å². The Morgan fingerprint density at radius 2 is 1.83 bits per heavy atom. The molecule has 2 atom stereocenters. The summed E-state index contributed by atoms with van der Waals surface area (Å²) in [6.07, 6.45) is 5.68. The Balaban J connectivity index is 0.000000354. The summed E-state index contributed by atoms with van der Waals surface area (Å²) < 4.78 is 0. The standard InChI is InChI=1S/C8H17N.C2H6O/c1-7-5-3-4-6-8(7)9-2;1-2-3/h7-9H,3-6H2,1-2H3;3H,2H2,1H3. The maximum Gasteiger partial charge on any atom is 0.0402 e. The van der Waals surface area contributed by atoms with Crippen LogP contribution in [0.25, 0.3) is 0 Å². The van der Waals surface area contributed by atoms with Crippen molar-refractivity contribution < 1.29 is 5.11 Å². The summed E-state index contributed by atoms with van der Waals surface area (Å²) >= 11 is 0. The lowest BCUT2D eigenvalue weighted by atomic mass is 9.86. The number of rotatable bonds is 1. The van der Waals surface area contributed by atoms with Gasteiger partial charge in [-0.25, -0.2) is 0 Å². The van der Waals surface area contributed by atoms with Crippen LogP contribution < -0.4 is 5.32 Å². The molecule has 0 aromatic rings. The van der Waals surface area contributed by atoms with Gasteiger partial charge in [-0.2, -0.15) is 0 Å². The van der Waals surface area contributed by atoms with E-state index in [4.69, 9.17) is 5.11 Å². The molecule has 2 heteroatoms. The molecule has 2 N–H and O–H groups in total. The average Bonchev–Trinajstić information content (AvgIpc) is 2.07. The first kappa shape index (κ1) is 11.9. The molecule has 0 radical (unpaired) electrons. The number of aliphatic hydroxyl groups excluding tert-OH is 1. The van der Waals surface area contributed by atoms with Crippen LogP contribution in [0.2, 0.25) is 0 Å². The van der Waals surface area contributed by atoms with Crippen molar-refractivity contribution in [1.29, 1.82) is 0 Å². The van der Waals surface area contributed by atoms with Crippen LogP contribution in [0.5, 0.6) is 0 Å². The zero-order valence-electron chi connectivity index (χ0n) is 8.64. The van der Waals surface area contributed by atoms with E-state index in [-0.39, 0.29) is 6.61 Å². The topological polar surface area (TPSA) is 32.3 Å². The van der Waals surface area contributed by atoms with E-state index in [1.807, 2.05) is 0 Å². The van der Waals surface area contributed by atoms with Gasteiger partial charge >= 0.3 is 0 Å². The number of nitrogens with one attached hydrogen (secondary N) is 1. The first-order valence-electron chi connectivity index (χ1n) is 5.04. The predicted molar refractivity (Wildman–Crippen MR) is 53.2 cm³/mol. The third kappa shape index (κ3) is 4.73. The van der Waals surface area contributed by atoms with Crippen LogP contribution in [0.3, 0.4) is 0 Å². The maximum absolute atomic E-state index is 7.57. The monoisotopic (exact) mass is 173 g/mol. The van der Waals surface area contributed by atoms with Gasteiger partial charge in [0.15, 0.2) is 0 Å². The summed E-state index contributed by atoms with van der Waals surface area (Å²) in [5, 5.41) is 10.9. The first-order valence-corrected chi connectivity index (χ1v) is 5.04. The second kappa shape index (κ2) is 7.56. The van der Waals surface area contributed by atoms with Crippen LogP contribution in [0.1, 0.15) is 39.5 Å². The molecule has 12 heavy (non-hydrogen) atoms. The molecular formula is C10H23NO. The fraction of sp³-hybridized carbons (Fsp3) is 1.00. The quantitative estimate of drug-likeness (QED) is 0.633. The molecule has 0 saturated heterocycles. The Morgan fingerprint density at radius 1 is 1.33 bits per heavy atom. The van der Waals surface area contributed by atoms with Gasteiger partial charge in [0.25, 0.3) is 0 Å². The Kier molecular flexibility index (Phi) is 7.51. The van der Waals surface area contributed by atoms with Crippen LogP contribution in [-0.2, 0) is 0 Å². The van der Waals surface area contributed by atoms with Crippen LogP contribution in [0.15, 0.2) is 0 Å². The van der Waals surface area contributed by atoms with E-state index in [2.05, 4.69) is 19.3 Å². The molecule has 2 unspecified atom stereocenters. The Labute approximate surface area is 76.4 Å². The largest absolute Gasteiger partial charge is 0.397 e. The maximum atomic E-state index is 7.57. The minimum Gasteiger partial charge on any atom is -0.397 e. The molecule has 0 amide bonds. The summed E-state index contributed by atoms with van der Waals surface area (Å²) in [7, 11) is 2.08. The van der Waals surface area contributed by atoms with Crippen molar-refractivity contribution in [1.82, 2.24) is 5.32 Å². The van der Waals surface area contributed by atoms with E-state index < -0.39 is 0 Å². The molecule has 1 saturated carbocycles. The zero-order valence-corrected chi connectivity index (χ0v) is 8.64. The number of hydrogen-bond acceptors (Lipinski definition) is 2. The fourth-order valence-corrected chi connectivity index (χ4v) is 1.75. The van der Waals surface area contributed by atoms with Gasteiger partial charge in [0.05, 0.1) is 0 Å². The number of hydrogen-bond donors (Lipinski definition) is 2. The van der Waals surface area contributed by atoms with Gasteiger partial charge in [-0.1, -0.05) is 19.8 Å². The van der Waals surface area contributed by atoms with E-state index in [0.29, 0.717) is 0 Å². The van der Waals surface area contributed by atoms with Crippen molar-refractivity contribution in [2.45, 2.75) is 45.6 Å². The van der Waals surface area contributed by atoms with E-state index >= 15 is 0 Å². The molecule has 1 aliphatic rings. The second-order valence-corrected chi connectivity index (χ2v) is 3.47. The minimum atomic E-state index is 0.250. The predicted octanol–water partition coefficient (Wildman–Crippen LogP) is 1.78. The molecule has 0 aromatic heterocycles. The Morgan fingerprint density at radius 3 is 2.17 bits per heavy atom. The van der Waals surface area contributed by atoms with Gasteiger partial charge in [-0.3, -0.25) is 0 Å². The molecule has 0 aliphatic heterocycles. The number of aliphatic hydroxyl groups is 1. The highest BCUT2D eigenvalue weighted by atomic mass is 16.2. The minimum absolute atomic E-state index is 0.250. The molecule has 1 rings (SSSR count). The molecule has 1 fully saturated rings. The smallest absolute Gasteiger partial charge is 0.0402 e. The molecule has 1 aliphatic carbocycles. The molecular weight excluding hydrogens is 150 g/mol. The zero-order chi connectivity index (χ0) is 9.40. The van der Waals surface area contributed by atoms with Crippen molar-refractivity contribution in [3.05, 3.63) is 0 Å². The van der Waals surface area contributed by atoms with Gasteiger partial charge in [-0.15, -0.1) is 0 Å². The van der Waals surface area contributed by atoms with Crippen molar-refractivity contribution in [3.63, 3.8) is 0 Å². The van der Waals surface area contributed by atoms with E-state index in [1.165, 1.54) is 25.7 Å². The third-order valence-corrected chi connectivity index (χ3v) is 2.48. The summed E-state index contributed by atoms with van der Waals surface area (Å²) in [5.41, 5.74) is 0. The lowest BCUT2D eigenvalue weighted by molar-refractivity contribution is 0.294. The lowest BCUT2D eigenvalue weighted by Crippen LogP contribution is -2.34. The molecule has 0 heterocycles. The van der Waals surface area contributed by atoms with Crippen LogP contribution >= 0.6 is 0 Å². The van der Waals surface area contributed by atoms with Gasteiger partial charge in [0, 0.05) is 12.6 Å². The molecule has 0 bridgehead atoms. The molecule has 2 nitrogen and oxygen atoms in total. The van der Waals surface area contributed by atoms with E-state index in [1.54, 1.807) is 6.92 Å². The van der Waals surface area contributed by atoms with Gasteiger partial charge in [-0.05, 0) is 32.7 Å². The SMILES string of the molecule is CCO.CNC1CCCCC1C. The highest BCUT2D eigenvalue weighted by Crippen LogP contribution is 2.22. The third-order valence-electron chi connectivity index (χ3n) is 2.48.